The van der Waals surface area contributed by atoms with E-state index in [0.717, 1.165) is 30.0 Å². The summed E-state index contributed by atoms with van der Waals surface area (Å²) in [5.74, 6) is 0.611. The van der Waals surface area contributed by atoms with Gasteiger partial charge in [-0.15, -0.1) is 0 Å². The van der Waals surface area contributed by atoms with E-state index in [9.17, 15) is 4.79 Å². The van der Waals surface area contributed by atoms with E-state index in [4.69, 9.17) is 16.1 Å². The van der Waals surface area contributed by atoms with Gasteiger partial charge in [-0.25, -0.2) is 4.98 Å². The summed E-state index contributed by atoms with van der Waals surface area (Å²) in [5.41, 5.74) is 2.09. The molecule has 2 rings (SSSR count). The number of carbonyl (C=O) groups is 1. The molecule has 112 valence electrons. The van der Waals surface area contributed by atoms with Crippen LogP contribution in [-0.4, -0.2) is 28.0 Å². The van der Waals surface area contributed by atoms with Gasteiger partial charge in [0, 0.05) is 24.4 Å². The van der Waals surface area contributed by atoms with Crippen molar-refractivity contribution < 1.29 is 9.32 Å². The number of aromatic nitrogens is 2. The van der Waals surface area contributed by atoms with E-state index >= 15 is 0 Å². The van der Waals surface area contributed by atoms with Gasteiger partial charge in [-0.3, -0.25) is 4.79 Å². The van der Waals surface area contributed by atoms with Gasteiger partial charge < -0.3 is 9.42 Å². The molecule has 1 amide bonds. The number of pyridine rings is 1. The predicted molar refractivity (Wildman–Crippen MR) is 80.3 cm³/mol. The molecule has 2 heterocycles. The summed E-state index contributed by atoms with van der Waals surface area (Å²) in [4.78, 5) is 18.2. The third-order valence-electron chi connectivity index (χ3n) is 3.02. The number of halogens is 1. The molecule has 21 heavy (non-hydrogen) atoms. The molecule has 6 heteroatoms. The Morgan fingerprint density at radius 2 is 2.10 bits per heavy atom. The monoisotopic (exact) mass is 307 g/mol. The van der Waals surface area contributed by atoms with Crippen LogP contribution in [0.5, 0.6) is 0 Å². The Labute approximate surface area is 128 Å². The number of nitrogens with zero attached hydrogens (tertiary/aromatic N) is 3. The second kappa shape index (κ2) is 6.72. The van der Waals surface area contributed by atoms with Gasteiger partial charge >= 0.3 is 0 Å². The van der Waals surface area contributed by atoms with E-state index in [0.29, 0.717) is 17.3 Å². The molecule has 0 radical (unpaired) electrons. The fraction of sp³-hybridized carbons (Fsp3) is 0.400. The lowest BCUT2D eigenvalue weighted by Crippen LogP contribution is -2.26. The standard InChI is InChI=1S/C15H18ClN3O2/c1-4-5-12-7-11(8-14(16)17-12)15(20)19(3)9-13-6-10(2)21-18-13/h6-8H,4-5,9H2,1-3H3. The van der Waals surface area contributed by atoms with E-state index < -0.39 is 0 Å². The molecule has 0 aliphatic rings. The minimum atomic E-state index is -0.114. The van der Waals surface area contributed by atoms with Crippen LogP contribution in [0.1, 0.15) is 40.9 Å². The van der Waals surface area contributed by atoms with Gasteiger partial charge in [-0.05, 0) is 25.5 Å². The van der Waals surface area contributed by atoms with Crippen LogP contribution in [0.4, 0.5) is 0 Å². The summed E-state index contributed by atoms with van der Waals surface area (Å²) in [6.07, 6.45) is 1.75. The van der Waals surface area contributed by atoms with Crippen molar-refractivity contribution in [2.75, 3.05) is 7.05 Å². The Hall–Kier alpha value is -1.88. The van der Waals surface area contributed by atoms with Crippen molar-refractivity contribution in [3.63, 3.8) is 0 Å². The molecule has 2 aromatic heterocycles. The van der Waals surface area contributed by atoms with Crippen molar-refractivity contribution in [2.45, 2.75) is 33.2 Å². The molecule has 2 aromatic rings. The zero-order valence-electron chi connectivity index (χ0n) is 12.4. The van der Waals surface area contributed by atoms with Gasteiger partial charge in [-0.2, -0.15) is 0 Å². The molecule has 0 aliphatic carbocycles. The van der Waals surface area contributed by atoms with Crippen molar-refractivity contribution in [3.05, 3.63) is 46.1 Å². The SMILES string of the molecule is CCCc1cc(C(=O)N(C)Cc2cc(C)on2)cc(Cl)n1. The van der Waals surface area contributed by atoms with Crippen LogP contribution in [0.2, 0.25) is 5.15 Å². The van der Waals surface area contributed by atoms with Crippen LogP contribution in [0, 0.1) is 6.92 Å². The van der Waals surface area contributed by atoms with Crippen LogP contribution in [0.15, 0.2) is 22.7 Å². The minimum absolute atomic E-state index is 0.114. The molecule has 5 nitrogen and oxygen atoms in total. The smallest absolute Gasteiger partial charge is 0.254 e. The lowest BCUT2D eigenvalue weighted by molar-refractivity contribution is 0.0782. The molecule has 0 spiro atoms. The normalized spacial score (nSPS) is 10.7. The van der Waals surface area contributed by atoms with Gasteiger partial charge in [0.1, 0.15) is 16.6 Å². The van der Waals surface area contributed by atoms with Gasteiger partial charge in [0.25, 0.3) is 5.91 Å². The molecular weight excluding hydrogens is 290 g/mol. The molecule has 0 fully saturated rings. The third-order valence-corrected chi connectivity index (χ3v) is 3.22. The average Bonchev–Trinajstić information content (AvgIpc) is 2.83. The molecular formula is C15H18ClN3O2. The summed E-state index contributed by atoms with van der Waals surface area (Å²) in [6, 6.07) is 5.20. The summed E-state index contributed by atoms with van der Waals surface area (Å²) in [5, 5.41) is 4.23. The van der Waals surface area contributed by atoms with Crippen LogP contribution in [0.3, 0.4) is 0 Å². The Morgan fingerprint density at radius 1 is 1.33 bits per heavy atom. The molecule has 0 saturated carbocycles. The zero-order chi connectivity index (χ0) is 15.4. The third kappa shape index (κ3) is 4.04. The maximum atomic E-state index is 12.4. The molecule has 0 unspecified atom stereocenters. The van der Waals surface area contributed by atoms with E-state index in [1.165, 1.54) is 0 Å². The Kier molecular flexibility index (Phi) is 4.96. The first kappa shape index (κ1) is 15.5. The predicted octanol–water partition coefficient (Wildman–Crippen LogP) is 3.26. The first-order chi connectivity index (χ1) is 9.99. The Morgan fingerprint density at radius 3 is 2.71 bits per heavy atom. The quantitative estimate of drug-likeness (QED) is 0.796. The number of hydrogen-bond acceptors (Lipinski definition) is 4. The van der Waals surface area contributed by atoms with E-state index in [1.807, 2.05) is 13.0 Å². The summed E-state index contributed by atoms with van der Waals surface area (Å²) >= 11 is 5.99. The van der Waals surface area contributed by atoms with E-state index in [1.54, 1.807) is 24.1 Å². The highest BCUT2D eigenvalue weighted by Crippen LogP contribution is 2.15. The van der Waals surface area contributed by atoms with Crippen LogP contribution in [0.25, 0.3) is 0 Å². The second-order valence-electron chi connectivity index (χ2n) is 5.01. The van der Waals surface area contributed by atoms with Gasteiger partial charge in [-0.1, -0.05) is 30.1 Å². The average molecular weight is 308 g/mol. The zero-order valence-corrected chi connectivity index (χ0v) is 13.1. The first-order valence-corrected chi connectivity index (χ1v) is 7.21. The topological polar surface area (TPSA) is 59.2 Å². The maximum Gasteiger partial charge on any atom is 0.254 e. The number of carbonyl (C=O) groups excluding carboxylic acids is 1. The molecule has 0 N–H and O–H groups in total. The van der Waals surface area contributed by atoms with Crippen molar-refractivity contribution in [2.24, 2.45) is 0 Å². The van der Waals surface area contributed by atoms with Crippen molar-refractivity contribution in [1.29, 1.82) is 0 Å². The summed E-state index contributed by atoms with van der Waals surface area (Å²) < 4.78 is 5.00. The van der Waals surface area contributed by atoms with Crippen LogP contribution < -0.4 is 0 Å². The molecule has 0 saturated heterocycles. The largest absolute Gasteiger partial charge is 0.361 e. The number of hydrogen-bond donors (Lipinski definition) is 0. The van der Waals surface area contributed by atoms with Crippen molar-refractivity contribution in [1.82, 2.24) is 15.0 Å². The van der Waals surface area contributed by atoms with E-state index in [-0.39, 0.29) is 5.91 Å². The number of amides is 1. The van der Waals surface area contributed by atoms with Crippen molar-refractivity contribution >= 4 is 17.5 Å². The summed E-state index contributed by atoms with van der Waals surface area (Å²) in [6.45, 7) is 4.26. The second-order valence-corrected chi connectivity index (χ2v) is 5.40. The number of rotatable bonds is 5. The van der Waals surface area contributed by atoms with E-state index in [2.05, 4.69) is 17.1 Å². The fourth-order valence-corrected chi connectivity index (χ4v) is 2.31. The van der Waals surface area contributed by atoms with Crippen molar-refractivity contribution in [3.8, 4) is 0 Å². The Balaban J connectivity index is 2.14. The van der Waals surface area contributed by atoms with Gasteiger partial charge in [0.15, 0.2) is 0 Å². The number of aryl methyl sites for hydroxylation is 2. The molecule has 0 aromatic carbocycles. The lowest BCUT2D eigenvalue weighted by atomic mass is 10.1. The van der Waals surface area contributed by atoms with Crippen LogP contribution in [-0.2, 0) is 13.0 Å². The first-order valence-electron chi connectivity index (χ1n) is 6.83. The molecule has 0 bridgehead atoms. The minimum Gasteiger partial charge on any atom is -0.361 e. The maximum absolute atomic E-state index is 12.4. The highest BCUT2D eigenvalue weighted by atomic mass is 35.5. The van der Waals surface area contributed by atoms with Gasteiger partial charge in [0.05, 0.1) is 6.54 Å². The fourth-order valence-electron chi connectivity index (χ4n) is 2.09. The molecule has 0 atom stereocenters. The summed E-state index contributed by atoms with van der Waals surface area (Å²) in [7, 11) is 1.72. The Bertz CT molecular complexity index is 640. The van der Waals surface area contributed by atoms with Crippen LogP contribution >= 0.6 is 11.6 Å². The lowest BCUT2D eigenvalue weighted by Gasteiger charge is -2.16. The highest BCUT2D eigenvalue weighted by Gasteiger charge is 2.15. The molecule has 0 aliphatic heterocycles. The highest BCUT2D eigenvalue weighted by molar-refractivity contribution is 6.29. The van der Waals surface area contributed by atoms with Gasteiger partial charge in [0.2, 0.25) is 0 Å².